The van der Waals surface area contributed by atoms with Gasteiger partial charge in [0.2, 0.25) is 0 Å². The van der Waals surface area contributed by atoms with E-state index in [0.29, 0.717) is 17.7 Å². The molecule has 2 heterocycles. The summed E-state index contributed by atoms with van der Waals surface area (Å²) in [7, 11) is 0. The second-order valence-corrected chi connectivity index (χ2v) is 5.88. The number of fused-ring (bicyclic) bond motifs is 1. The van der Waals surface area contributed by atoms with Crippen molar-refractivity contribution in [3.05, 3.63) is 0 Å². The Kier molecular flexibility index (Phi) is 2.86. The summed E-state index contributed by atoms with van der Waals surface area (Å²) in [5, 5.41) is 6.89. The van der Waals surface area contributed by atoms with Crippen LogP contribution in [0.5, 0.6) is 0 Å². The minimum absolute atomic E-state index is 0.0373. The Hall–Kier alpha value is -0.410. The van der Waals surface area contributed by atoms with E-state index in [2.05, 4.69) is 10.6 Å². The fraction of sp³-hybridized carbons (Fsp3) is 0.917. The number of Topliss-reactive ketones (excluding diaryl/α,β-unsaturated/α-hetero) is 1. The van der Waals surface area contributed by atoms with Crippen molar-refractivity contribution >= 4 is 5.78 Å². The summed E-state index contributed by atoms with van der Waals surface area (Å²) in [6, 6.07) is 0.417. The van der Waals surface area contributed by atoms with Crippen molar-refractivity contribution in [3.63, 3.8) is 0 Å². The lowest BCUT2D eigenvalue weighted by Crippen LogP contribution is -2.52. The van der Waals surface area contributed by atoms with Gasteiger partial charge in [-0.15, -0.1) is 0 Å². The summed E-state index contributed by atoms with van der Waals surface area (Å²) in [5.74, 6) is 1.01. The molecule has 3 unspecified atom stereocenters. The first kappa shape index (κ1) is 11.1. The average molecular weight is 210 g/mol. The third kappa shape index (κ3) is 2.08. The molecule has 2 aliphatic heterocycles. The van der Waals surface area contributed by atoms with Crippen molar-refractivity contribution < 1.29 is 4.79 Å². The highest BCUT2D eigenvalue weighted by Gasteiger charge is 2.43. The Morgan fingerprint density at radius 2 is 2.00 bits per heavy atom. The largest absolute Gasteiger partial charge is 0.312 e. The van der Waals surface area contributed by atoms with E-state index >= 15 is 0 Å². The average Bonchev–Trinajstić information content (AvgIpc) is 2.58. The third-order valence-corrected chi connectivity index (χ3v) is 3.62. The minimum atomic E-state index is -0.230. The first-order chi connectivity index (χ1) is 7.00. The van der Waals surface area contributed by atoms with Crippen LogP contribution >= 0.6 is 0 Å². The lowest BCUT2D eigenvalue weighted by molar-refractivity contribution is -0.128. The number of hydrogen-bond acceptors (Lipinski definition) is 3. The highest BCUT2D eigenvalue weighted by atomic mass is 16.1. The van der Waals surface area contributed by atoms with E-state index in [1.54, 1.807) is 0 Å². The van der Waals surface area contributed by atoms with E-state index in [1.165, 1.54) is 12.8 Å². The Morgan fingerprint density at radius 1 is 1.27 bits per heavy atom. The normalized spacial score (nSPS) is 36.3. The Balaban J connectivity index is 2.08. The van der Waals surface area contributed by atoms with Crippen LogP contribution in [0.1, 0.15) is 33.6 Å². The lowest BCUT2D eigenvalue weighted by atomic mass is 9.81. The Bertz CT molecular complexity index is 257. The van der Waals surface area contributed by atoms with Crippen LogP contribution < -0.4 is 10.6 Å². The molecule has 0 spiro atoms. The molecule has 15 heavy (non-hydrogen) atoms. The molecule has 0 saturated carbocycles. The maximum atomic E-state index is 12.2. The third-order valence-electron chi connectivity index (χ3n) is 3.62. The van der Waals surface area contributed by atoms with Crippen molar-refractivity contribution in [1.29, 1.82) is 0 Å². The predicted octanol–water partition coefficient (Wildman–Crippen LogP) is 0.942. The number of nitrogens with one attached hydrogen (secondary N) is 2. The molecule has 2 aliphatic rings. The molecule has 3 heteroatoms. The standard InChI is InChI=1S/C12H22N2O/c1-12(2,3)11(15)10-9-8(7-14-10)5-4-6-13-9/h8-10,13-14H,4-7H2,1-3H3. The summed E-state index contributed by atoms with van der Waals surface area (Å²) in [5.41, 5.74) is -0.230. The molecule has 2 fully saturated rings. The summed E-state index contributed by atoms with van der Waals surface area (Å²) < 4.78 is 0. The molecule has 0 radical (unpaired) electrons. The molecule has 2 rings (SSSR count). The smallest absolute Gasteiger partial charge is 0.156 e. The number of ketones is 1. The molecular weight excluding hydrogens is 188 g/mol. The van der Waals surface area contributed by atoms with Gasteiger partial charge in [-0.1, -0.05) is 20.8 Å². The minimum Gasteiger partial charge on any atom is -0.312 e. The zero-order chi connectivity index (χ0) is 11.1. The van der Waals surface area contributed by atoms with Crippen LogP contribution in [0.25, 0.3) is 0 Å². The molecule has 2 saturated heterocycles. The Morgan fingerprint density at radius 3 is 2.67 bits per heavy atom. The molecule has 0 aromatic carbocycles. The van der Waals surface area contributed by atoms with Crippen LogP contribution in [0.4, 0.5) is 0 Å². The second-order valence-electron chi connectivity index (χ2n) is 5.88. The Labute approximate surface area is 92.0 Å². The van der Waals surface area contributed by atoms with Gasteiger partial charge in [0.25, 0.3) is 0 Å². The van der Waals surface area contributed by atoms with Gasteiger partial charge in [0.1, 0.15) is 0 Å². The van der Waals surface area contributed by atoms with E-state index in [1.807, 2.05) is 20.8 Å². The van der Waals surface area contributed by atoms with Crippen molar-refractivity contribution in [3.8, 4) is 0 Å². The van der Waals surface area contributed by atoms with Crippen molar-refractivity contribution in [2.75, 3.05) is 13.1 Å². The molecule has 2 N–H and O–H groups in total. The fourth-order valence-electron chi connectivity index (χ4n) is 2.73. The van der Waals surface area contributed by atoms with Gasteiger partial charge in [-0.25, -0.2) is 0 Å². The second kappa shape index (κ2) is 3.87. The first-order valence-electron chi connectivity index (χ1n) is 6.01. The van der Waals surface area contributed by atoms with Crippen LogP contribution in [0.15, 0.2) is 0 Å². The quantitative estimate of drug-likeness (QED) is 0.677. The molecule has 0 aliphatic carbocycles. The number of carbonyl (C=O) groups is 1. The topological polar surface area (TPSA) is 41.1 Å². The molecule has 3 nitrogen and oxygen atoms in total. The number of rotatable bonds is 1. The lowest BCUT2D eigenvalue weighted by Gasteiger charge is -2.31. The van der Waals surface area contributed by atoms with E-state index in [4.69, 9.17) is 0 Å². The summed E-state index contributed by atoms with van der Waals surface area (Å²) >= 11 is 0. The maximum Gasteiger partial charge on any atom is 0.156 e. The number of piperidine rings is 1. The van der Waals surface area contributed by atoms with Crippen molar-refractivity contribution in [2.45, 2.75) is 45.7 Å². The van der Waals surface area contributed by atoms with E-state index in [-0.39, 0.29) is 11.5 Å². The van der Waals surface area contributed by atoms with Crippen molar-refractivity contribution in [2.24, 2.45) is 11.3 Å². The van der Waals surface area contributed by atoms with Gasteiger partial charge >= 0.3 is 0 Å². The van der Waals surface area contributed by atoms with E-state index in [9.17, 15) is 4.79 Å². The van der Waals surface area contributed by atoms with Gasteiger partial charge in [0, 0.05) is 18.0 Å². The molecule has 86 valence electrons. The van der Waals surface area contributed by atoms with Crippen LogP contribution in [-0.4, -0.2) is 31.0 Å². The van der Waals surface area contributed by atoms with Gasteiger partial charge in [-0.2, -0.15) is 0 Å². The zero-order valence-electron chi connectivity index (χ0n) is 9.97. The van der Waals surface area contributed by atoms with Crippen molar-refractivity contribution in [1.82, 2.24) is 10.6 Å². The van der Waals surface area contributed by atoms with Gasteiger partial charge < -0.3 is 10.6 Å². The van der Waals surface area contributed by atoms with Crippen LogP contribution in [0.3, 0.4) is 0 Å². The zero-order valence-corrected chi connectivity index (χ0v) is 9.97. The fourth-order valence-corrected chi connectivity index (χ4v) is 2.73. The molecular formula is C12H22N2O. The van der Waals surface area contributed by atoms with Gasteiger partial charge in [-0.3, -0.25) is 4.79 Å². The maximum absolute atomic E-state index is 12.2. The monoisotopic (exact) mass is 210 g/mol. The number of carbonyl (C=O) groups excluding carboxylic acids is 1. The molecule has 3 atom stereocenters. The highest BCUT2D eigenvalue weighted by Crippen LogP contribution is 2.28. The predicted molar refractivity (Wildman–Crippen MR) is 60.8 cm³/mol. The number of hydrogen-bond donors (Lipinski definition) is 2. The van der Waals surface area contributed by atoms with Crippen LogP contribution in [-0.2, 0) is 4.79 Å². The molecule has 0 aromatic rings. The SMILES string of the molecule is CC(C)(C)C(=O)C1NCC2CCCNC21. The first-order valence-corrected chi connectivity index (χ1v) is 6.01. The van der Waals surface area contributed by atoms with Crippen LogP contribution in [0.2, 0.25) is 0 Å². The summed E-state index contributed by atoms with van der Waals surface area (Å²) in [6.45, 7) is 8.09. The molecule has 0 amide bonds. The van der Waals surface area contributed by atoms with E-state index in [0.717, 1.165) is 13.1 Å². The van der Waals surface area contributed by atoms with Gasteiger partial charge in [0.05, 0.1) is 6.04 Å². The van der Waals surface area contributed by atoms with Gasteiger partial charge in [0.15, 0.2) is 5.78 Å². The summed E-state index contributed by atoms with van der Waals surface area (Å²) in [4.78, 5) is 12.2. The van der Waals surface area contributed by atoms with Gasteiger partial charge in [-0.05, 0) is 25.3 Å². The highest BCUT2D eigenvalue weighted by molar-refractivity contribution is 5.89. The molecule has 0 bridgehead atoms. The van der Waals surface area contributed by atoms with E-state index < -0.39 is 0 Å². The summed E-state index contributed by atoms with van der Waals surface area (Å²) in [6.07, 6.45) is 2.51. The molecule has 0 aromatic heterocycles. The van der Waals surface area contributed by atoms with Crippen LogP contribution in [0, 0.1) is 11.3 Å².